The number of rotatable bonds is 3. The van der Waals surface area contributed by atoms with Gasteiger partial charge in [0.15, 0.2) is 0 Å². The van der Waals surface area contributed by atoms with Gasteiger partial charge in [0.2, 0.25) is 6.54 Å². The first-order valence-corrected chi connectivity index (χ1v) is 3.35. The van der Waals surface area contributed by atoms with Gasteiger partial charge in [-0.1, -0.05) is 0 Å². The molecule has 0 unspecified atom stereocenters. The lowest BCUT2D eigenvalue weighted by molar-refractivity contribution is -0.496. The first kappa shape index (κ1) is 7.71. The first-order chi connectivity index (χ1) is 5.22. The Morgan fingerprint density at radius 1 is 1.82 bits per heavy atom. The molecule has 0 saturated carbocycles. The summed E-state index contributed by atoms with van der Waals surface area (Å²) in [7, 11) is 0. The maximum atomic E-state index is 10.0. The molecular weight excluding hydrogens is 146 g/mol. The van der Waals surface area contributed by atoms with Gasteiger partial charge in [0.05, 0.1) is 11.8 Å². The third kappa shape index (κ3) is 2.03. The van der Waals surface area contributed by atoms with Crippen LogP contribution in [0.4, 0.5) is 0 Å². The van der Waals surface area contributed by atoms with Crippen LogP contribution in [0.15, 0.2) is 12.4 Å². The average Bonchev–Trinajstić information content (AvgIpc) is 2.34. The van der Waals surface area contributed by atoms with Gasteiger partial charge in [0, 0.05) is 17.7 Å². The van der Waals surface area contributed by atoms with Gasteiger partial charge in [-0.2, -0.15) is 5.10 Å². The smallest absolute Gasteiger partial charge is 0.231 e. The van der Waals surface area contributed by atoms with Crippen LogP contribution in [0.1, 0.15) is 12.5 Å². The predicted molar refractivity (Wildman–Crippen MR) is 38.6 cm³/mol. The van der Waals surface area contributed by atoms with Crippen LogP contribution in [0.2, 0.25) is 0 Å². The average molecular weight is 155 g/mol. The molecule has 0 spiro atoms. The Morgan fingerprint density at radius 2 is 2.55 bits per heavy atom. The van der Waals surface area contributed by atoms with Crippen LogP contribution in [-0.2, 0) is 13.1 Å². The molecule has 0 atom stereocenters. The SMILES string of the molecule is CCn1cc(C[N+](=O)[O-])cn1. The maximum absolute atomic E-state index is 10.0. The maximum Gasteiger partial charge on any atom is 0.231 e. The Morgan fingerprint density at radius 3 is 3.00 bits per heavy atom. The fourth-order valence-corrected chi connectivity index (χ4v) is 0.810. The quantitative estimate of drug-likeness (QED) is 0.476. The van der Waals surface area contributed by atoms with Gasteiger partial charge in [-0.05, 0) is 6.92 Å². The third-order valence-corrected chi connectivity index (χ3v) is 1.32. The molecule has 0 aromatic carbocycles. The molecule has 0 N–H and O–H groups in total. The molecule has 11 heavy (non-hydrogen) atoms. The van der Waals surface area contributed by atoms with Crippen molar-refractivity contribution in [2.45, 2.75) is 20.0 Å². The van der Waals surface area contributed by atoms with E-state index in [2.05, 4.69) is 5.10 Å². The van der Waals surface area contributed by atoms with E-state index in [0.29, 0.717) is 5.56 Å². The molecule has 0 saturated heterocycles. The van der Waals surface area contributed by atoms with Crippen molar-refractivity contribution in [3.8, 4) is 0 Å². The second-order valence-corrected chi connectivity index (χ2v) is 2.20. The molecule has 0 aliphatic rings. The molecule has 1 rings (SSSR count). The predicted octanol–water partition coefficient (Wildman–Crippen LogP) is 0.680. The largest absolute Gasteiger partial charge is 0.273 e. The van der Waals surface area contributed by atoms with Gasteiger partial charge < -0.3 is 0 Å². The van der Waals surface area contributed by atoms with Gasteiger partial charge in [-0.15, -0.1) is 0 Å². The van der Waals surface area contributed by atoms with E-state index in [1.807, 2.05) is 6.92 Å². The van der Waals surface area contributed by atoms with E-state index >= 15 is 0 Å². The Bertz CT molecular complexity index is 256. The summed E-state index contributed by atoms with van der Waals surface area (Å²) >= 11 is 0. The second kappa shape index (κ2) is 3.14. The lowest BCUT2D eigenvalue weighted by Crippen LogP contribution is -1.97. The molecule has 1 aromatic heterocycles. The number of hydrogen-bond donors (Lipinski definition) is 0. The zero-order valence-corrected chi connectivity index (χ0v) is 6.23. The Kier molecular flexibility index (Phi) is 2.20. The van der Waals surface area contributed by atoms with Crippen LogP contribution in [0.5, 0.6) is 0 Å². The summed E-state index contributed by atoms with van der Waals surface area (Å²) in [6.07, 6.45) is 3.20. The van der Waals surface area contributed by atoms with Crippen molar-refractivity contribution in [2.24, 2.45) is 0 Å². The van der Waals surface area contributed by atoms with Gasteiger partial charge in [-0.25, -0.2) is 0 Å². The summed E-state index contributed by atoms with van der Waals surface area (Å²) in [6, 6.07) is 0. The van der Waals surface area contributed by atoms with E-state index in [1.54, 1.807) is 10.9 Å². The molecule has 0 amide bonds. The van der Waals surface area contributed by atoms with E-state index in [0.717, 1.165) is 6.54 Å². The summed E-state index contributed by atoms with van der Waals surface area (Å²) in [5.41, 5.74) is 0.650. The fourth-order valence-electron chi connectivity index (χ4n) is 0.810. The molecule has 1 heterocycles. The van der Waals surface area contributed by atoms with Crippen molar-refractivity contribution in [3.63, 3.8) is 0 Å². The summed E-state index contributed by atoms with van der Waals surface area (Å²) in [5.74, 6) is 0. The molecule has 5 heteroatoms. The second-order valence-electron chi connectivity index (χ2n) is 2.20. The summed E-state index contributed by atoms with van der Waals surface area (Å²) in [4.78, 5) is 9.67. The topological polar surface area (TPSA) is 61.0 Å². The summed E-state index contributed by atoms with van der Waals surface area (Å²) in [6.45, 7) is 2.54. The molecule has 0 aliphatic heterocycles. The number of nitrogens with zero attached hydrogens (tertiary/aromatic N) is 3. The minimum absolute atomic E-state index is 0.139. The van der Waals surface area contributed by atoms with Crippen LogP contribution in [-0.4, -0.2) is 14.7 Å². The highest BCUT2D eigenvalue weighted by Crippen LogP contribution is 1.98. The molecule has 0 aliphatic carbocycles. The van der Waals surface area contributed by atoms with Crippen molar-refractivity contribution >= 4 is 0 Å². The molecule has 0 radical (unpaired) electrons. The molecule has 1 aromatic rings. The van der Waals surface area contributed by atoms with Crippen molar-refractivity contribution in [2.75, 3.05) is 0 Å². The zero-order valence-electron chi connectivity index (χ0n) is 6.23. The standard InChI is InChI=1S/C6H9N3O2/c1-2-8-4-6(3-7-8)5-9(10)11/h3-4H,2,5H2,1H3. The Balaban J connectivity index is 2.65. The van der Waals surface area contributed by atoms with Crippen LogP contribution in [0, 0.1) is 10.1 Å². The lowest BCUT2D eigenvalue weighted by atomic mass is 10.4. The Hall–Kier alpha value is -1.39. The van der Waals surface area contributed by atoms with E-state index < -0.39 is 0 Å². The van der Waals surface area contributed by atoms with Crippen molar-refractivity contribution < 1.29 is 4.92 Å². The molecule has 60 valence electrons. The number of nitro groups is 1. The van der Waals surface area contributed by atoms with Crippen LogP contribution >= 0.6 is 0 Å². The van der Waals surface area contributed by atoms with E-state index in [1.165, 1.54) is 6.20 Å². The van der Waals surface area contributed by atoms with Crippen LogP contribution in [0.25, 0.3) is 0 Å². The van der Waals surface area contributed by atoms with Crippen LogP contribution in [0.3, 0.4) is 0 Å². The van der Waals surface area contributed by atoms with Crippen molar-refractivity contribution in [1.29, 1.82) is 0 Å². The third-order valence-electron chi connectivity index (χ3n) is 1.32. The fraction of sp³-hybridized carbons (Fsp3) is 0.500. The van der Waals surface area contributed by atoms with E-state index in [9.17, 15) is 10.1 Å². The summed E-state index contributed by atoms with van der Waals surface area (Å²) in [5, 5.41) is 13.9. The van der Waals surface area contributed by atoms with Gasteiger partial charge in [0.1, 0.15) is 0 Å². The van der Waals surface area contributed by atoms with Gasteiger partial charge in [-0.3, -0.25) is 14.8 Å². The highest BCUT2D eigenvalue weighted by atomic mass is 16.6. The van der Waals surface area contributed by atoms with Crippen molar-refractivity contribution in [3.05, 3.63) is 28.1 Å². The first-order valence-electron chi connectivity index (χ1n) is 3.35. The number of aryl methyl sites for hydroxylation is 1. The highest BCUT2D eigenvalue weighted by Gasteiger charge is 2.02. The minimum atomic E-state index is -0.364. The number of hydrogen-bond acceptors (Lipinski definition) is 3. The normalized spacial score (nSPS) is 9.91. The van der Waals surface area contributed by atoms with E-state index in [4.69, 9.17) is 0 Å². The molecular formula is C6H9N3O2. The molecule has 5 nitrogen and oxygen atoms in total. The lowest BCUT2D eigenvalue weighted by Gasteiger charge is -1.89. The molecule has 0 bridgehead atoms. The summed E-state index contributed by atoms with van der Waals surface area (Å²) < 4.78 is 1.67. The van der Waals surface area contributed by atoms with Gasteiger partial charge in [0.25, 0.3) is 0 Å². The van der Waals surface area contributed by atoms with Crippen molar-refractivity contribution in [1.82, 2.24) is 9.78 Å². The Labute approximate surface area is 63.8 Å². The highest BCUT2D eigenvalue weighted by molar-refractivity contribution is 5.01. The number of aromatic nitrogens is 2. The monoisotopic (exact) mass is 155 g/mol. The van der Waals surface area contributed by atoms with Crippen LogP contribution < -0.4 is 0 Å². The zero-order chi connectivity index (χ0) is 8.27. The minimum Gasteiger partial charge on any atom is -0.273 e. The van der Waals surface area contributed by atoms with E-state index in [-0.39, 0.29) is 11.5 Å². The van der Waals surface area contributed by atoms with Gasteiger partial charge >= 0.3 is 0 Å². The molecule has 0 fully saturated rings.